The van der Waals surface area contributed by atoms with E-state index in [1.807, 2.05) is 0 Å². The summed E-state index contributed by atoms with van der Waals surface area (Å²) < 4.78 is 0. The third-order valence-corrected chi connectivity index (χ3v) is 5.78. The fourth-order valence-corrected chi connectivity index (χ4v) is 3.66. The fraction of sp³-hybridized carbons (Fsp3) is 0.522. The Hall–Kier alpha value is -4.31. The second-order valence-electron chi connectivity index (χ2n) is 8.91. The zero-order valence-corrected chi connectivity index (χ0v) is 21.3. The number of carbonyl (C=O) groups is 5. The molecule has 0 bridgehead atoms. The van der Waals surface area contributed by atoms with E-state index < -0.39 is 60.2 Å². The van der Waals surface area contributed by atoms with Crippen LogP contribution in [0.1, 0.15) is 43.5 Å². The summed E-state index contributed by atoms with van der Waals surface area (Å²) in [5.74, 6) is -4.76. The van der Waals surface area contributed by atoms with Gasteiger partial charge in [-0.25, -0.2) is 14.8 Å². The first-order valence-electron chi connectivity index (χ1n) is 12.4. The normalized spacial score (nSPS) is 14.0. The highest BCUT2D eigenvalue weighted by Crippen LogP contribution is 2.07. The number of nitrogens with zero attached hydrogens (tertiary/aromatic N) is 2. The number of amides is 3. The van der Waals surface area contributed by atoms with Gasteiger partial charge < -0.3 is 47.6 Å². The number of nitrogens with one attached hydrogen (secondary N) is 5. The molecule has 2 rings (SSSR count). The molecule has 2 heterocycles. The molecule has 16 heteroatoms. The summed E-state index contributed by atoms with van der Waals surface area (Å²) in [4.78, 5) is 75.0. The number of rotatable bonds is 18. The number of aromatic amines is 2. The van der Waals surface area contributed by atoms with E-state index in [0.717, 1.165) is 0 Å². The van der Waals surface area contributed by atoms with Gasteiger partial charge in [0.25, 0.3) is 0 Å². The molecule has 3 amide bonds. The maximum atomic E-state index is 13.3. The van der Waals surface area contributed by atoms with Crippen molar-refractivity contribution in [1.29, 1.82) is 0 Å². The smallest absolute Gasteiger partial charge is 0.326 e. The van der Waals surface area contributed by atoms with Gasteiger partial charge in [-0.15, -0.1) is 0 Å². The number of aromatic nitrogens is 4. The maximum Gasteiger partial charge on any atom is 0.326 e. The molecule has 11 N–H and O–H groups in total. The van der Waals surface area contributed by atoms with Crippen molar-refractivity contribution >= 4 is 29.7 Å². The lowest BCUT2D eigenvalue weighted by atomic mass is 10.0. The minimum absolute atomic E-state index is 0.00184. The Bertz CT molecular complexity index is 1080. The van der Waals surface area contributed by atoms with E-state index in [0.29, 0.717) is 30.8 Å². The van der Waals surface area contributed by atoms with Crippen LogP contribution < -0.4 is 27.4 Å². The molecule has 2 aromatic rings. The number of unbranched alkanes of at least 4 members (excludes halogenated alkanes) is 1. The van der Waals surface area contributed by atoms with Gasteiger partial charge in [0, 0.05) is 43.0 Å². The summed E-state index contributed by atoms with van der Waals surface area (Å²) in [7, 11) is 0. The number of H-pyrrole nitrogens is 2. The number of imidazole rings is 2. The number of hydrogen-bond donors (Lipinski definition) is 9. The van der Waals surface area contributed by atoms with Crippen LogP contribution in [0.4, 0.5) is 0 Å². The van der Waals surface area contributed by atoms with Gasteiger partial charge in [0.1, 0.15) is 18.1 Å². The van der Waals surface area contributed by atoms with Gasteiger partial charge in [0.15, 0.2) is 0 Å². The first-order chi connectivity index (χ1) is 18.6. The van der Waals surface area contributed by atoms with Crippen molar-refractivity contribution in [2.24, 2.45) is 11.5 Å². The molecule has 214 valence electrons. The minimum Gasteiger partial charge on any atom is -0.481 e. The highest BCUT2D eigenvalue weighted by atomic mass is 16.4. The lowest BCUT2D eigenvalue weighted by molar-refractivity contribution is -0.143. The lowest BCUT2D eigenvalue weighted by Crippen LogP contribution is -2.57. The molecule has 39 heavy (non-hydrogen) atoms. The minimum atomic E-state index is -1.47. The monoisotopic (exact) mass is 549 g/mol. The quantitative estimate of drug-likeness (QED) is 0.0898. The van der Waals surface area contributed by atoms with Crippen molar-refractivity contribution < 1.29 is 34.2 Å². The van der Waals surface area contributed by atoms with Crippen molar-refractivity contribution in [2.75, 3.05) is 6.54 Å². The third kappa shape index (κ3) is 10.9. The summed E-state index contributed by atoms with van der Waals surface area (Å²) in [5.41, 5.74) is 12.7. The Morgan fingerprint density at radius 1 is 0.795 bits per heavy atom. The van der Waals surface area contributed by atoms with Gasteiger partial charge in [-0.3, -0.25) is 19.2 Å². The zero-order chi connectivity index (χ0) is 28.8. The molecular formula is C23H35N9O7. The fourth-order valence-electron chi connectivity index (χ4n) is 3.66. The first kappa shape index (κ1) is 30.9. The van der Waals surface area contributed by atoms with E-state index in [2.05, 4.69) is 35.9 Å². The molecule has 0 saturated carbocycles. The van der Waals surface area contributed by atoms with Crippen LogP contribution >= 0.6 is 0 Å². The van der Waals surface area contributed by atoms with Crippen LogP contribution in [0.25, 0.3) is 0 Å². The Morgan fingerprint density at radius 3 is 1.90 bits per heavy atom. The van der Waals surface area contributed by atoms with Crippen LogP contribution in [-0.4, -0.2) is 90.5 Å². The summed E-state index contributed by atoms with van der Waals surface area (Å²) in [6.45, 7) is 0.339. The summed E-state index contributed by atoms with van der Waals surface area (Å²) in [6, 6.07) is -4.80. The summed E-state index contributed by atoms with van der Waals surface area (Å²) in [6.07, 6.45) is 6.28. The van der Waals surface area contributed by atoms with Crippen molar-refractivity contribution in [2.45, 2.75) is 69.1 Å². The number of carboxylic acids is 2. The molecule has 4 atom stereocenters. The van der Waals surface area contributed by atoms with E-state index >= 15 is 0 Å². The molecule has 16 nitrogen and oxygen atoms in total. The topological polar surface area (TPSA) is 271 Å². The zero-order valence-electron chi connectivity index (χ0n) is 21.3. The van der Waals surface area contributed by atoms with Crippen LogP contribution in [0.5, 0.6) is 0 Å². The molecule has 0 aromatic carbocycles. The Morgan fingerprint density at radius 2 is 1.36 bits per heavy atom. The second kappa shape index (κ2) is 15.8. The van der Waals surface area contributed by atoms with Crippen molar-refractivity contribution in [1.82, 2.24) is 35.9 Å². The van der Waals surface area contributed by atoms with E-state index in [1.165, 1.54) is 25.0 Å². The molecule has 0 aliphatic rings. The predicted octanol–water partition coefficient (Wildman–Crippen LogP) is -2.22. The molecule has 0 aliphatic carbocycles. The second-order valence-corrected chi connectivity index (χ2v) is 8.91. The van der Waals surface area contributed by atoms with Gasteiger partial charge >= 0.3 is 11.9 Å². The number of nitrogens with two attached hydrogens (primary N) is 2. The van der Waals surface area contributed by atoms with Crippen LogP contribution in [0, 0.1) is 0 Å². The van der Waals surface area contributed by atoms with E-state index in [-0.39, 0.29) is 25.7 Å². The third-order valence-electron chi connectivity index (χ3n) is 5.78. The SMILES string of the molecule is NCCCCC(NC(=O)C(Cc1cnc[nH]1)NC(=O)C(N)Cc1cnc[nH]1)C(=O)NC(CCC(=O)O)C(=O)O. The molecule has 2 aromatic heterocycles. The van der Waals surface area contributed by atoms with Crippen LogP contribution in [-0.2, 0) is 36.8 Å². The van der Waals surface area contributed by atoms with Gasteiger partial charge in [0.05, 0.1) is 18.7 Å². The van der Waals surface area contributed by atoms with Crippen molar-refractivity contribution in [3.8, 4) is 0 Å². The van der Waals surface area contributed by atoms with E-state index in [4.69, 9.17) is 16.6 Å². The first-order valence-corrected chi connectivity index (χ1v) is 12.4. The Balaban J connectivity index is 2.16. The average Bonchev–Trinajstić information content (AvgIpc) is 3.59. The Labute approximate surface area is 223 Å². The lowest BCUT2D eigenvalue weighted by Gasteiger charge is -2.25. The molecule has 0 fully saturated rings. The molecule has 0 spiro atoms. The Kier molecular flexibility index (Phi) is 12.5. The highest BCUT2D eigenvalue weighted by molar-refractivity contribution is 5.94. The van der Waals surface area contributed by atoms with Crippen LogP contribution in [0.2, 0.25) is 0 Å². The summed E-state index contributed by atoms with van der Waals surface area (Å²) >= 11 is 0. The summed E-state index contributed by atoms with van der Waals surface area (Å²) in [5, 5.41) is 25.7. The standard InChI is InChI=1S/C23H35N9O7/c24-6-2-1-3-16(21(36)31-17(23(38)39)4-5-19(33)34)30-22(37)18(8-14-10-27-12-29-14)32-20(35)15(25)7-13-9-26-11-28-13/h9-12,15-18H,1-8,24-25H2,(H,26,28)(H,27,29)(H,30,37)(H,31,36)(H,32,35)(H,33,34)(H,38,39). The van der Waals surface area contributed by atoms with Gasteiger partial charge in [-0.05, 0) is 32.2 Å². The van der Waals surface area contributed by atoms with Gasteiger partial charge in [0.2, 0.25) is 17.7 Å². The molecule has 0 radical (unpaired) electrons. The van der Waals surface area contributed by atoms with E-state index in [1.54, 1.807) is 0 Å². The van der Waals surface area contributed by atoms with Crippen LogP contribution in [0.15, 0.2) is 25.0 Å². The molecular weight excluding hydrogens is 514 g/mol. The molecule has 0 aliphatic heterocycles. The number of hydrogen-bond acceptors (Lipinski definition) is 9. The van der Waals surface area contributed by atoms with Crippen molar-refractivity contribution in [3.05, 3.63) is 36.4 Å². The molecule has 4 unspecified atom stereocenters. The van der Waals surface area contributed by atoms with Crippen LogP contribution in [0.3, 0.4) is 0 Å². The maximum absolute atomic E-state index is 13.3. The van der Waals surface area contributed by atoms with Gasteiger partial charge in [-0.2, -0.15) is 0 Å². The highest BCUT2D eigenvalue weighted by Gasteiger charge is 2.31. The number of carbonyl (C=O) groups excluding carboxylic acids is 3. The van der Waals surface area contributed by atoms with Crippen molar-refractivity contribution in [3.63, 3.8) is 0 Å². The average molecular weight is 550 g/mol. The number of aliphatic carboxylic acids is 2. The largest absolute Gasteiger partial charge is 0.481 e. The van der Waals surface area contributed by atoms with Gasteiger partial charge in [-0.1, -0.05) is 0 Å². The molecule has 0 saturated heterocycles. The number of carboxylic acid groups (broad SMARTS) is 2. The van der Waals surface area contributed by atoms with E-state index in [9.17, 15) is 29.1 Å². The predicted molar refractivity (Wildman–Crippen MR) is 136 cm³/mol.